The summed E-state index contributed by atoms with van der Waals surface area (Å²) in [5, 5.41) is 3.60. The minimum atomic E-state index is -0.479. The summed E-state index contributed by atoms with van der Waals surface area (Å²) in [4.78, 5) is 34.0. The van der Waals surface area contributed by atoms with E-state index in [4.69, 9.17) is 4.42 Å². The van der Waals surface area contributed by atoms with Crippen LogP contribution in [0.2, 0.25) is 0 Å². The summed E-state index contributed by atoms with van der Waals surface area (Å²) >= 11 is 0. The molecule has 6 rings (SSSR count). The van der Waals surface area contributed by atoms with Gasteiger partial charge in [-0.2, -0.15) is 0 Å². The van der Waals surface area contributed by atoms with Crippen molar-refractivity contribution in [3.63, 3.8) is 0 Å². The van der Waals surface area contributed by atoms with E-state index >= 15 is 0 Å². The van der Waals surface area contributed by atoms with Gasteiger partial charge >= 0.3 is 0 Å². The topological polar surface area (TPSA) is 69.0 Å². The Balaban J connectivity index is 1.22. The number of amides is 1. The zero-order valence-electron chi connectivity index (χ0n) is 23.9. The van der Waals surface area contributed by atoms with Crippen LogP contribution >= 0.6 is 0 Å². The molecule has 2 aliphatic heterocycles. The molecule has 1 N–H and O–H groups in total. The Morgan fingerprint density at radius 2 is 1.73 bits per heavy atom. The van der Waals surface area contributed by atoms with Crippen LogP contribution in [0, 0.1) is 5.41 Å². The summed E-state index contributed by atoms with van der Waals surface area (Å²) in [6.45, 7) is 8.29. The van der Waals surface area contributed by atoms with Gasteiger partial charge in [-0.25, -0.2) is 0 Å². The predicted molar refractivity (Wildman–Crippen MR) is 162 cm³/mol. The van der Waals surface area contributed by atoms with E-state index in [9.17, 15) is 9.59 Å². The average Bonchev–Trinajstić information content (AvgIpc) is 3.45. The van der Waals surface area contributed by atoms with Gasteiger partial charge in [0, 0.05) is 50.4 Å². The van der Waals surface area contributed by atoms with E-state index in [1.807, 2.05) is 59.5 Å². The molecule has 1 aliphatic carbocycles. The highest BCUT2D eigenvalue weighted by Gasteiger charge is 2.43. The maximum atomic E-state index is 13.9. The van der Waals surface area contributed by atoms with Crippen molar-refractivity contribution in [1.29, 1.82) is 0 Å². The van der Waals surface area contributed by atoms with E-state index in [2.05, 4.69) is 53.2 Å². The van der Waals surface area contributed by atoms with Gasteiger partial charge in [0.2, 0.25) is 5.91 Å². The normalized spacial score (nSPS) is 20.9. The number of ketones is 1. The van der Waals surface area contributed by atoms with E-state index in [1.54, 1.807) is 6.26 Å². The molecule has 1 fully saturated rings. The molecule has 0 radical (unpaired) electrons. The largest absolute Gasteiger partial charge is 0.467 e. The Hall–Kier alpha value is -4.10. The lowest BCUT2D eigenvalue weighted by atomic mass is 9.74. The molecular formula is C34H38N4O3. The number of anilines is 2. The number of benzene rings is 2. The number of carbonyl (C=O) groups is 2. The first-order valence-corrected chi connectivity index (χ1v) is 14.5. The van der Waals surface area contributed by atoms with E-state index < -0.39 is 6.04 Å². The van der Waals surface area contributed by atoms with Crippen molar-refractivity contribution in [3.05, 3.63) is 102 Å². The highest BCUT2D eigenvalue weighted by molar-refractivity contribution is 6.01. The van der Waals surface area contributed by atoms with E-state index in [-0.39, 0.29) is 23.7 Å². The number of furan rings is 1. The second-order valence-electron chi connectivity index (χ2n) is 12.0. The number of piperazine rings is 1. The minimum absolute atomic E-state index is 0.0588. The van der Waals surface area contributed by atoms with E-state index in [0.29, 0.717) is 30.8 Å². The number of nitrogens with one attached hydrogen (secondary N) is 1. The van der Waals surface area contributed by atoms with Gasteiger partial charge in [-0.15, -0.1) is 0 Å². The van der Waals surface area contributed by atoms with Crippen LogP contribution in [0.1, 0.15) is 44.1 Å². The van der Waals surface area contributed by atoms with Crippen LogP contribution in [0.15, 0.2) is 94.8 Å². The summed E-state index contributed by atoms with van der Waals surface area (Å²) in [5.74, 6) is 0.836. The van der Waals surface area contributed by atoms with Gasteiger partial charge in [0.1, 0.15) is 11.8 Å². The third-order valence-electron chi connectivity index (χ3n) is 8.32. The number of hydrogen-bond acceptors (Lipinski definition) is 6. The minimum Gasteiger partial charge on any atom is -0.467 e. The highest BCUT2D eigenvalue weighted by atomic mass is 16.3. The molecule has 1 saturated heterocycles. The van der Waals surface area contributed by atoms with Crippen LogP contribution in [-0.4, -0.2) is 60.8 Å². The maximum Gasteiger partial charge on any atom is 0.242 e. The maximum absolute atomic E-state index is 13.9. The number of nitrogens with zero attached hydrogens (tertiary/aromatic N) is 3. The molecular weight excluding hydrogens is 512 g/mol. The van der Waals surface area contributed by atoms with Gasteiger partial charge in [0.15, 0.2) is 5.78 Å². The molecule has 1 atom stereocenters. The van der Waals surface area contributed by atoms with Crippen LogP contribution in [0.5, 0.6) is 0 Å². The second kappa shape index (κ2) is 11.4. The molecule has 0 spiro atoms. The lowest BCUT2D eigenvalue weighted by molar-refractivity contribution is -0.131. The molecule has 1 unspecified atom stereocenters. The summed E-state index contributed by atoms with van der Waals surface area (Å²) in [7, 11) is 0. The average molecular weight is 551 g/mol. The standard InChI is InChI=1S/C34H38N4O3/c1-34(2)22-27-32(29(39)23-34)33(30-15-9-21-41-30)38(28-14-7-6-13-26(28)35-27)24-31(40)37-19-17-36(18-20-37)16-8-12-25-10-4-3-5-11-25/h3-15,21,33,35H,16-20,22-24H2,1-2H3/b12-8+. The fraction of sp³-hybridized carbons (Fsp3) is 0.353. The Morgan fingerprint density at radius 1 is 0.976 bits per heavy atom. The molecule has 0 bridgehead atoms. The van der Waals surface area contributed by atoms with Crippen LogP contribution in [0.25, 0.3) is 6.08 Å². The third-order valence-corrected chi connectivity index (χ3v) is 8.32. The SMILES string of the molecule is CC1(C)CC(=O)C2=C(C1)Nc1ccccc1N(CC(=O)N1CCN(C/C=C/c3ccccc3)CC1)C2c1ccco1. The number of Topliss-reactive ketones (excluding diaryl/α,β-unsaturated/α-hetero) is 1. The highest BCUT2D eigenvalue weighted by Crippen LogP contribution is 2.48. The van der Waals surface area contributed by atoms with Crippen LogP contribution in [0.4, 0.5) is 11.4 Å². The van der Waals surface area contributed by atoms with Gasteiger partial charge < -0.3 is 19.5 Å². The van der Waals surface area contributed by atoms with Crippen molar-refractivity contribution >= 4 is 29.1 Å². The molecule has 41 heavy (non-hydrogen) atoms. The van der Waals surface area contributed by atoms with Crippen LogP contribution in [0.3, 0.4) is 0 Å². The Bertz CT molecular complexity index is 1450. The zero-order valence-corrected chi connectivity index (χ0v) is 23.9. The van der Waals surface area contributed by atoms with Gasteiger partial charge in [-0.05, 0) is 41.7 Å². The quantitative estimate of drug-likeness (QED) is 0.421. The number of rotatable bonds is 6. The molecule has 1 amide bonds. The van der Waals surface area contributed by atoms with Crippen molar-refractivity contribution in [1.82, 2.24) is 9.80 Å². The first kappa shape index (κ1) is 27.1. The summed E-state index contributed by atoms with van der Waals surface area (Å²) in [6.07, 6.45) is 7.19. The number of fused-ring (bicyclic) bond motifs is 1. The van der Waals surface area contributed by atoms with Gasteiger partial charge in [-0.3, -0.25) is 14.5 Å². The lowest BCUT2D eigenvalue weighted by Gasteiger charge is -2.39. The first-order chi connectivity index (χ1) is 19.9. The van der Waals surface area contributed by atoms with E-state index in [1.165, 1.54) is 5.56 Å². The van der Waals surface area contributed by atoms with Crippen molar-refractivity contribution in [2.75, 3.05) is 49.5 Å². The Labute approximate surface area is 242 Å². The first-order valence-electron chi connectivity index (χ1n) is 14.5. The van der Waals surface area contributed by atoms with Gasteiger partial charge in [0.05, 0.1) is 24.2 Å². The molecule has 3 aliphatic rings. The molecule has 2 aromatic carbocycles. The lowest BCUT2D eigenvalue weighted by Crippen LogP contribution is -2.51. The fourth-order valence-corrected chi connectivity index (χ4v) is 6.30. The number of carbonyl (C=O) groups excluding carboxylic acids is 2. The summed E-state index contributed by atoms with van der Waals surface area (Å²) in [6, 6.07) is 21.6. The summed E-state index contributed by atoms with van der Waals surface area (Å²) in [5.41, 5.74) is 4.48. The molecule has 7 heteroatoms. The van der Waals surface area contributed by atoms with Crippen LogP contribution in [-0.2, 0) is 9.59 Å². The molecule has 3 heterocycles. The molecule has 3 aromatic rings. The van der Waals surface area contributed by atoms with Crippen molar-refractivity contribution in [2.45, 2.75) is 32.7 Å². The number of allylic oxidation sites excluding steroid dienone is 1. The van der Waals surface area contributed by atoms with E-state index in [0.717, 1.165) is 43.1 Å². The molecule has 7 nitrogen and oxygen atoms in total. The third kappa shape index (κ3) is 5.86. The Morgan fingerprint density at radius 3 is 2.49 bits per heavy atom. The monoisotopic (exact) mass is 550 g/mol. The van der Waals surface area contributed by atoms with Crippen LogP contribution < -0.4 is 10.2 Å². The van der Waals surface area contributed by atoms with Crippen molar-refractivity contribution in [3.8, 4) is 0 Å². The molecule has 0 saturated carbocycles. The fourth-order valence-electron chi connectivity index (χ4n) is 6.30. The number of hydrogen-bond donors (Lipinski definition) is 1. The predicted octanol–water partition coefficient (Wildman–Crippen LogP) is 5.75. The summed E-state index contributed by atoms with van der Waals surface area (Å²) < 4.78 is 5.94. The second-order valence-corrected chi connectivity index (χ2v) is 12.0. The zero-order chi connectivity index (χ0) is 28.4. The van der Waals surface area contributed by atoms with Gasteiger partial charge in [-0.1, -0.05) is 68.5 Å². The van der Waals surface area contributed by atoms with Crippen molar-refractivity contribution in [2.24, 2.45) is 5.41 Å². The molecule has 1 aromatic heterocycles. The number of para-hydroxylation sites is 2. The molecule has 212 valence electrons. The van der Waals surface area contributed by atoms with Crippen molar-refractivity contribution < 1.29 is 14.0 Å². The smallest absolute Gasteiger partial charge is 0.242 e. The Kier molecular flexibility index (Phi) is 7.54. The van der Waals surface area contributed by atoms with Gasteiger partial charge in [0.25, 0.3) is 0 Å².